The van der Waals surface area contributed by atoms with Gasteiger partial charge in [0.25, 0.3) is 5.91 Å². The number of primary amides is 1. The predicted octanol–water partition coefficient (Wildman–Crippen LogP) is 1.48. The van der Waals surface area contributed by atoms with Crippen LogP contribution < -0.4 is 11.1 Å². The molecule has 1 rings (SSSR count). The summed E-state index contributed by atoms with van der Waals surface area (Å²) in [5.41, 5.74) is 5.68. The van der Waals surface area contributed by atoms with E-state index in [0.717, 1.165) is 19.3 Å². The Hall–Kier alpha value is -2.41. The van der Waals surface area contributed by atoms with Gasteiger partial charge in [0.15, 0.2) is 0 Å². The molecule has 7 heteroatoms. The van der Waals surface area contributed by atoms with Crippen molar-refractivity contribution >= 4 is 17.8 Å². The molecular formula is C15H20N2O5. The lowest BCUT2D eigenvalue weighted by Crippen LogP contribution is -2.27. The number of nitrogens with two attached hydrogens (primary N) is 1. The fourth-order valence-corrected chi connectivity index (χ4v) is 1.99. The number of carbonyl (C=O) groups is 3. The van der Waals surface area contributed by atoms with E-state index in [-0.39, 0.29) is 23.5 Å². The molecule has 0 bridgehead atoms. The highest BCUT2D eigenvalue weighted by molar-refractivity contribution is 6.06. The third kappa shape index (κ3) is 5.92. The van der Waals surface area contributed by atoms with E-state index >= 15 is 0 Å². The van der Waals surface area contributed by atoms with E-state index < -0.39 is 11.9 Å². The van der Waals surface area contributed by atoms with Gasteiger partial charge in [-0.05, 0) is 25.0 Å². The minimum atomic E-state index is -0.642. The lowest BCUT2D eigenvalue weighted by molar-refractivity contribution is -0.234. The molecule has 1 aromatic carbocycles. The molecule has 0 spiro atoms. The summed E-state index contributed by atoms with van der Waals surface area (Å²) < 4.78 is 0. The number of hydrogen-bond donors (Lipinski definition) is 3. The van der Waals surface area contributed by atoms with E-state index in [1.165, 1.54) is 6.07 Å². The van der Waals surface area contributed by atoms with Gasteiger partial charge in [0.1, 0.15) is 0 Å². The van der Waals surface area contributed by atoms with Crippen molar-refractivity contribution in [2.24, 2.45) is 5.73 Å². The van der Waals surface area contributed by atoms with E-state index in [2.05, 4.69) is 10.2 Å². The van der Waals surface area contributed by atoms with Gasteiger partial charge < -0.3 is 15.9 Å². The maximum absolute atomic E-state index is 12.0. The number of amides is 2. The smallest absolute Gasteiger partial charge is 0.342 e. The zero-order valence-corrected chi connectivity index (χ0v) is 12.2. The molecule has 0 aromatic heterocycles. The van der Waals surface area contributed by atoms with Crippen molar-refractivity contribution in [3.05, 3.63) is 35.4 Å². The topological polar surface area (TPSA) is 119 Å². The maximum Gasteiger partial charge on any atom is 0.342 e. The molecule has 0 heterocycles. The van der Waals surface area contributed by atoms with Crippen molar-refractivity contribution in [2.75, 3.05) is 6.54 Å². The van der Waals surface area contributed by atoms with E-state index in [1.807, 2.05) is 0 Å². The van der Waals surface area contributed by atoms with E-state index in [0.29, 0.717) is 13.0 Å². The van der Waals surface area contributed by atoms with Crippen LogP contribution in [0.15, 0.2) is 24.3 Å². The highest BCUT2D eigenvalue weighted by Crippen LogP contribution is 2.08. The summed E-state index contributed by atoms with van der Waals surface area (Å²) in [7, 11) is 0. The zero-order chi connectivity index (χ0) is 16.4. The van der Waals surface area contributed by atoms with Crippen LogP contribution in [-0.2, 0) is 9.68 Å². The van der Waals surface area contributed by atoms with Gasteiger partial charge >= 0.3 is 5.97 Å². The lowest BCUT2D eigenvalue weighted by Gasteiger charge is -2.08. The number of unbranched alkanes of at least 4 members (excludes halogenated alkanes) is 3. The van der Waals surface area contributed by atoms with Crippen molar-refractivity contribution in [3.8, 4) is 0 Å². The summed E-state index contributed by atoms with van der Waals surface area (Å²) >= 11 is 0. The van der Waals surface area contributed by atoms with Crippen LogP contribution in [0.5, 0.6) is 0 Å². The van der Waals surface area contributed by atoms with Crippen molar-refractivity contribution in [3.63, 3.8) is 0 Å². The van der Waals surface area contributed by atoms with Gasteiger partial charge in [-0.25, -0.2) is 4.79 Å². The molecule has 0 radical (unpaired) electrons. The van der Waals surface area contributed by atoms with Crippen LogP contribution in [0.4, 0.5) is 0 Å². The van der Waals surface area contributed by atoms with Crippen LogP contribution in [0.25, 0.3) is 0 Å². The molecule has 4 N–H and O–H groups in total. The van der Waals surface area contributed by atoms with Gasteiger partial charge in [-0.15, -0.1) is 0 Å². The van der Waals surface area contributed by atoms with Gasteiger partial charge in [0.05, 0.1) is 11.1 Å². The van der Waals surface area contributed by atoms with Crippen molar-refractivity contribution in [2.45, 2.75) is 32.1 Å². The van der Waals surface area contributed by atoms with Gasteiger partial charge in [-0.3, -0.25) is 9.59 Å². The Kier molecular flexibility index (Phi) is 7.63. The standard InChI is InChI=1S/C15H20N2O5/c16-14(19)11-7-4-5-8-12(11)15(20)17-10-6-2-1-3-9-13(18)22-21/h4-5,7-8,21H,1-3,6,9-10H2,(H2,16,19)(H,17,20). The van der Waals surface area contributed by atoms with E-state index in [1.54, 1.807) is 18.2 Å². The summed E-state index contributed by atoms with van der Waals surface area (Å²) in [6, 6.07) is 6.38. The molecule has 0 fully saturated rings. The number of rotatable bonds is 9. The summed E-state index contributed by atoms with van der Waals surface area (Å²) in [5, 5.41) is 10.8. The first-order valence-electron chi connectivity index (χ1n) is 7.07. The van der Waals surface area contributed by atoms with Gasteiger partial charge in [0, 0.05) is 13.0 Å². The SMILES string of the molecule is NC(=O)c1ccccc1C(=O)NCCCCCCC(=O)OO. The second-order valence-electron chi connectivity index (χ2n) is 4.79. The molecule has 0 aliphatic rings. The second-order valence-corrected chi connectivity index (χ2v) is 4.79. The van der Waals surface area contributed by atoms with Crippen LogP contribution in [-0.4, -0.2) is 29.6 Å². The number of benzene rings is 1. The van der Waals surface area contributed by atoms with Gasteiger partial charge in [-0.2, -0.15) is 5.26 Å². The minimum Gasteiger partial charge on any atom is -0.366 e. The Morgan fingerprint density at radius 1 is 1.05 bits per heavy atom. The Bertz CT molecular complexity index is 530. The Morgan fingerprint density at radius 3 is 2.32 bits per heavy atom. The molecule has 0 unspecified atom stereocenters. The van der Waals surface area contributed by atoms with Crippen LogP contribution >= 0.6 is 0 Å². The van der Waals surface area contributed by atoms with Crippen molar-refractivity contribution < 1.29 is 24.5 Å². The number of hydrogen-bond acceptors (Lipinski definition) is 5. The molecule has 0 atom stereocenters. The average molecular weight is 308 g/mol. The predicted molar refractivity (Wildman–Crippen MR) is 79.1 cm³/mol. The van der Waals surface area contributed by atoms with E-state index in [4.69, 9.17) is 11.0 Å². The molecular weight excluding hydrogens is 288 g/mol. The minimum absolute atomic E-state index is 0.175. The van der Waals surface area contributed by atoms with Crippen LogP contribution in [0.3, 0.4) is 0 Å². The first-order valence-corrected chi connectivity index (χ1v) is 7.07. The lowest BCUT2D eigenvalue weighted by atomic mass is 10.1. The fraction of sp³-hybridized carbons (Fsp3) is 0.400. The highest BCUT2D eigenvalue weighted by atomic mass is 17.1. The summed E-state index contributed by atoms with van der Waals surface area (Å²) in [5.74, 6) is -1.61. The third-order valence-electron chi connectivity index (χ3n) is 3.13. The molecule has 0 saturated heterocycles. The molecule has 0 aliphatic carbocycles. The number of nitrogens with one attached hydrogen (secondary N) is 1. The largest absolute Gasteiger partial charge is 0.366 e. The molecule has 7 nitrogen and oxygen atoms in total. The van der Waals surface area contributed by atoms with Gasteiger partial charge in [-0.1, -0.05) is 25.0 Å². The van der Waals surface area contributed by atoms with Crippen molar-refractivity contribution in [1.29, 1.82) is 0 Å². The highest BCUT2D eigenvalue weighted by Gasteiger charge is 2.13. The number of carbonyl (C=O) groups excluding carboxylic acids is 3. The van der Waals surface area contributed by atoms with Gasteiger partial charge in [0.2, 0.25) is 5.91 Å². The quantitative estimate of drug-likeness (QED) is 0.363. The molecule has 2 amide bonds. The first kappa shape index (κ1) is 17.6. The average Bonchev–Trinajstić information content (AvgIpc) is 2.53. The zero-order valence-electron chi connectivity index (χ0n) is 12.2. The van der Waals surface area contributed by atoms with Crippen LogP contribution in [0.2, 0.25) is 0 Å². The second kappa shape index (κ2) is 9.51. The van der Waals surface area contributed by atoms with E-state index in [9.17, 15) is 14.4 Å². The molecule has 120 valence electrons. The Morgan fingerprint density at radius 2 is 1.68 bits per heavy atom. The Balaban J connectivity index is 2.27. The summed E-state index contributed by atoms with van der Waals surface area (Å²) in [6.07, 6.45) is 3.17. The van der Waals surface area contributed by atoms with Crippen LogP contribution in [0, 0.1) is 0 Å². The fourth-order valence-electron chi connectivity index (χ4n) is 1.99. The normalized spacial score (nSPS) is 10.0. The molecule has 0 aliphatic heterocycles. The molecule has 1 aromatic rings. The van der Waals surface area contributed by atoms with Crippen LogP contribution in [0.1, 0.15) is 52.8 Å². The molecule has 22 heavy (non-hydrogen) atoms. The third-order valence-corrected chi connectivity index (χ3v) is 3.13. The first-order chi connectivity index (χ1) is 10.6. The maximum atomic E-state index is 12.0. The Labute approximate surface area is 128 Å². The van der Waals surface area contributed by atoms with Crippen molar-refractivity contribution in [1.82, 2.24) is 5.32 Å². The summed E-state index contributed by atoms with van der Waals surface area (Å²) in [6.45, 7) is 0.469. The summed E-state index contributed by atoms with van der Waals surface area (Å²) in [4.78, 5) is 37.4. The molecule has 0 saturated carbocycles. The monoisotopic (exact) mass is 308 g/mol.